The van der Waals surface area contributed by atoms with E-state index >= 15 is 0 Å². The largest absolute Gasteiger partial charge is 0.383 e. The fourth-order valence-electron chi connectivity index (χ4n) is 0.854. The Morgan fingerprint density at radius 3 is 2.08 bits per heavy atom. The first-order chi connectivity index (χ1) is 5.43. The molecule has 12 heavy (non-hydrogen) atoms. The van der Waals surface area contributed by atoms with Crippen LogP contribution in [0.5, 0.6) is 0 Å². The van der Waals surface area contributed by atoms with Crippen LogP contribution >= 0.6 is 0 Å². The molecule has 0 aliphatic rings. The second kappa shape index (κ2) is 5.02. The Kier molecular flexibility index (Phi) is 4.72. The van der Waals surface area contributed by atoms with E-state index in [1.165, 1.54) is 5.57 Å². The summed E-state index contributed by atoms with van der Waals surface area (Å²) >= 11 is 0. The predicted molar refractivity (Wildman–Crippen MR) is 56.0 cm³/mol. The second-order valence-corrected chi connectivity index (χ2v) is 3.87. The van der Waals surface area contributed by atoms with E-state index in [9.17, 15) is 0 Å². The zero-order valence-electron chi connectivity index (χ0n) is 8.94. The average molecular weight is 167 g/mol. The number of nitrogens with one attached hydrogen (secondary N) is 1. The summed E-state index contributed by atoms with van der Waals surface area (Å²) in [5.74, 6) is 0.607. The van der Waals surface area contributed by atoms with Crippen molar-refractivity contribution in [2.45, 2.75) is 40.7 Å². The minimum Gasteiger partial charge on any atom is -0.383 e. The van der Waals surface area contributed by atoms with Crippen molar-refractivity contribution in [2.24, 2.45) is 5.92 Å². The maximum absolute atomic E-state index is 3.93. The SMILES string of the molecule is C=C(/C=C(\C)C(C)C)NC(C)C. The minimum absolute atomic E-state index is 0.466. The van der Waals surface area contributed by atoms with Gasteiger partial charge in [0.25, 0.3) is 0 Å². The van der Waals surface area contributed by atoms with Crippen LogP contribution in [-0.2, 0) is 0 Å². The molecule has 70 valence electrons. The molecule has 0 aliphatic carbocycles. The molecule has 1 heteroatoms. The van der Waals surface area contributed by atoms with Crippen molar-refractivity contribution in [3.8, 4) is 0 Å². The topological polar surface area (TPSA) is 12.0 Å². The molecule has 0 bridgehead atoms. The third kappa shape index (κ3) is 5.00. The summed E-state index contributed by atoms with van der Waals surface area (Å²) in [5.41, 5.74) is 2.38. The summed E-state index contributed by atoms with van der Waals surface area (Å²) in [5, 5.41) is 3.26. The summed E-state index contributed by atoms with van der Waals surface area (Å²) in [7, 11) is 0. The summed E-state index contributed by atoms with van der Waals surface area (Å²) < 4.78 is 0. The van der Waals surface area contributed by atoms with Crippen molar-refractivity contribution in [1.82, 2.24) is 5.32 Å². The molecule has 0 radical (unpaired) electrons. The molecule has 0 aromatic heterocycles. The Morgan fingerprint density at radius 1 is 1.25 bits per heavy atom. The molecule has 1 N–H and O–H groups in total. The summed E-state index contributed by atoms with van der Waals surface area (Å²) in [6, 6.07) is 0.466. The highest BCUT2D eigenvalue weighted by molar-refractivity contribution is 5.19. The highest BCUT2D eigenvalue weighted by atomic mass is 14.9. The first-order valence-corrected chi connectivity index (χ1v) is 4.57. The van der Waals surface area contributed by atoms with Gasteiger partial charge in [-0.15, -0.1) is 0 Å². The lowest BCUT2D eigenvalue weighted by molar-refractivity contribution is 0.678. The van der Waals surface area contributed by atoms with E-state index in [1.54, 1.807) is 0 Å². The van der Waals surface area contributed by atoms with Crippen molar-refractivity contribution in [1.29, 1.82) is 0 Å². The van der Waals surface area contributed by atoms with Crippen molar-refractivity contribution >= 4 is 0 Å². The number of hydrogen-bond donors (Lipinski definition) is 1. The minimum atomic E-state index is 0.466. The molecule has 0 saturated carbocycles. The highest BCUT2D eigenvalue weighted by Crippen LogP contribution is 2.09. The van der Waals surface area contributed by atoms with E-state index in [2.05, 4.69) is 52.6 Å². The molecule has 0 rings (SSSR count). The van der Waals surface area contributed by atoms with Gasteiger partial charge in [-0.2, -0.15) is 0 Å². The molecule has 0 unspecified atom stereocenters. The molecule has 0 heterocycles. The van der Waals surface area contributed by atoms with Gasteiger partial charge in [-0.3, -0.25) is 0 Å². The van der Waals surface area contributed by atoms with Crippen LogP contribution in [0.3, 0.4) is 0 Å². The third-order valence-corrected chi connectivity index (χ3v) is 1.79. The standard InChI is InChI=1S/C11H21N/c1-8(2)10(5)7-11(6)12-9(3)4/h7-9,12H,6H2,1-5H3/b10-7+. The molecule has 0 spiro atoms. The number of rotatable bonds is 4. The molecule has 0 amide bonds. The van der Waals surface area contributed by atoms with Gasteiger partial charge in [-0.05, 0) is 32.8 Å². The van der Waals surface area contributed by atoms with E-state index in [0.717, 1.165) is 5.70 Å². The monoisotopic (exact) mass is 167 g/mol. The molecule has 0 aromatic carbocycles. The second-order valence-electron chi connectivity index (χ2n) is 3.87. The van der Waals surface area contributed by atoms with Gasteiger partial charge in [0.1, 0.15) is 0 Å². The van der Waals surface area contributed by atoms with E-state index in [0.29, 0.717) is 12.0 Å². The van der Waals surface area contributed by atoms with Crippen molar-refractivity contribution < 1.29 is 0 Å². The van der Waals surface area contributed by atoms with Crippen LogP contribution < -0.4 is 5.32 Å². The molecule has 0 saturated heterocycles. The first kappa shape index (κ1) is 11.3. The fraction of sp³-hybridized carbons (Fsp3) is 0.636. The van der Waals surface area contributed by atoms with Crippen LogP contribution in [0, 0.1) is 5.92 Å². The van der Waals surface area contributed by atoms with Gasteiger partial charge < -0.3 is 5.32 Å². The van der Waals surface area contributed by atoms with Crippen LogP contribution in [0.4, 0.5) is 0 Å². The maximum Gasteiger partial charge on any atom is 0.0268 e. The molecular weight excluding hydrogens is 146 g/mol. The van der Waals surface area contributed by atoms with E-state index in [4.69, 9.17) is 0 Å². The summed E-state index contributed by atoms with van der Waals surface area (Å²) in [4.78, 5) is 0. The Bertz CT molecular complexity index is 175. The molecular formula is C11H21N. The lowest BCUT2D eigenvalue weighted by Gasteiger charge is -2.11. The number of hydrogen-bond acceptors (Lipinski definition) is 1. The smallest absolute Gasteiger partial charge is 0.0268 e. The predicted octanol–water partition coefficient (Wildman–Crippen LogP) is 3.10. The van der Waals surface area contributed by atoms with Gasteiger partial charge in [0, 0.05) is 11.7 Å². The Labute approximate surface area is 76.6 Å². The molecule has 0 aromatic rings. The van der Waals surface area contributed by atoms with Gasteiger partial charge in [-0.25, -0.2) is 0 Å². The molecule has 0 atom stereocenters. The normalized spacial score (nSPS) is 12.4. The lowest BCUT2D eigenvalue weighted by atomic mass is 10.0. The first-order valence-electron chi connectivity index (χ1n) is 4.57. The van der Waals surface area contributed by atoms with Gasteiger partial charge in [-0.1, -0.05) is 26.0 Å². The maximum atomic E-state index is 3.93. The lowest BCUT2D eigenvalue weighted by Crippen LogP contribution is -2.20. The van der Waals surface area contributed by atoms with E-state index in [1.807, 2.05) is 0 Å². The van der Waals surface area contributed by atoms with E-state index < -0.39 is 0 Å². The van der Waals surface area contributed by atoms with Gasteiger partial charge in [0.15, 0.2) is 0 Å². The van der Waals surface area contributed by atoms with Crippen LogP contribution in [0.2, 0.25) is 0 Å². The Hall–Kier alpha value is -0.720. The van der Waals surface area contributed by atoms with Crippen LogP contribution in [0.1, 0.15) is 34.6 Å². The van der Waals surface area contributed by atoms with Crippen molar-refractivity contribution in [2.75, 3.05) is 0 Å². The fourth-order valence-corrected chi connectivity index (χ4v) is 0.854. The molecule has 1 nitrogen and oxygen atoms in total. The van der Waals surface area contributed by atoms with Crippen LogP contribution in [-0.4, -0.2) is 6.04 Å². The average Bonchev–Trinajstić information content (AvgIpc) is 1.84. The van der Waals surface area contributed by atoms with Gasteiger partial charge >= 0.3 is 0 Å². The quantitative estimate of drug-likeness (QED) is 0.634. The Morgan fingerprint density at radius 2 is 1.75 bits per heavy atom. The van der Waals surface area contributed by atoms with Crippen molar-refractivity contribution in [3.05, 3.63) is 23.9 Å². The molecule has 0 aliphatic heterocycles. The Balaban J connectivity index is 4.06. The van der Waals surface area contributed by atoms with Crippen LogP contribution in [0.15, 0.2) is 23.9 Å². The zero-order chi connectivity index (χ0) is 9.72. The number of allylic oxidation sites excluding steroid dienone is 2. The molecule has 0 fully saturated rings. The highest BCUT2D eigenvalue weighted by Gasteiger charge is 1.97. The van der Waals surface area contributed by atoms with Gasteiger partial charge in [0.05, 0.1) is 0 Å². The zero-order valence-corrected chi connectivity index (χ0v) is 8.94. The van der Waals surface area contributed by atoms with Crippen molar-refractivity contribution in [3.63, 3.8) is 0 Å². The summed E-state index contributed by atoms with van der Waals surface area (Å²) in [6.45, 7) is 14.7. The van der Waals surface area contributed by atoms with Gasteiger partial charge in [0.2, 0.25) is 0 Å². The van der Waals surface area contributed by atoms with E-state index in [-0.39, 0.29) is 0 Å². The van der Waals surface area contributed by atoms with Crippen LogP contribution in [0.25, 0.3) is 0 Å². The summed E-state index contributed by atoms with van der Waals surface area (Å²) in [6.07, 6.45) is 2.12. The third-order valence-electron chi connectivity index (χ3n) is 1.79.